The third-order valence-electron chi connectivity index (χ3n) is 2.42. The highest BCUT2D eigenvalue weighted by molar-refractivity contribution is 5.68. The molecule has 0 aliphatic rings. The average Bonchev–Trinajstić information content (AvgIpc) is 2.13. The first kappa shape index (κ1) is 11.7. The quantitative estimate of drug-likeness (QED) is 0.829. The molecule has 0 amide bonds. The maximum atomic E-state index is 13.3. The van der Waals surface area contributed by atoms with Crippen molar-refractivity contribution in [3.8, 4) is 0 Å². The molecule has 0 bridgehead atoms. The summed E-state index contributed by atoms with van der Waals surface area (Å²) in [7, 11) is 0. The molecule has 2 atom stereocenters. The minimum absolute atomic E-state index is 0.166. The molecule has 2 unspecified atom stereocenters. The predicted molar refractivity (Wildman–Crippen MR) is 56.7 cm³/mol. The summed E-state index contributed by atoms with van der Waals surface area (Å²) < 4.78 is 13.3. The molecule has 82 valence electrons. The lowest BCUT2D eigenvalue weighted by molar-refractivity contribution is -0.137. The van der Waals surface area contributed by atoms with Crippen LogP contribution in [0.25, 0.3) is 0 Å². The van der Waals surface area contributed by atoms with Gasteiger partial charge >= 0.3 is 5.97 Å². The summed E-state index contributed by atoms with van der Waals surface area (Å²) in [4.78, 5) is 10.6. The number of carboxylic acid groups (broad SMARTS) is 1. The van der Waals surface area contributed by atoms with E-state index in [1.807, 2.05) is 25.1 Å². The van der Waals surface area contributed by atoms with Crippen molar-refractivity contribution in [2.75, 3.05) is 0 Å². The highest BCUT2D eigenvalue weighted by Gasteiger charge is 2.21. The zero-order chi connectivity index (χ0) is 11.4. The van der Waals surface area contributed by atoms with Crippen LogP contribution >= 0.6 is 0 Å². The number of hydrogen-bond donors (Lipinski definition) is 1. The molecule has 0 saturated heterocycles. The first-order chi connectivity index (χ1) is 7.00. The molecule has 3 heteroatoms. The van der Waals surface area contributed by atoms with Crippen LogP contribution in [0.2, 0.25) is 0 Å². The standard InChI is InChI=1S/C12H15FO2/c1-8-4-3-5-10(6-8)11(9(2)13)7-12(14)15/h3-6,9,11H,7H2,1-2H3,(H,14,15). The third-order valence-corrected chi connectivity index (χ3v) is 2.42. The molecule has 0 spiro atoms. The normalized spacial score (nSPS) is 14.6. The molecule has 1 aromatic rings. The number of carboxylic acids is 1. The van der Waals surface area contributed by atoms with Gasteiger partial charge < -0.3 is 5.11 Å². The van der Waals surface area contributed by atoms with Crippen molar-refractivity contribution in [3.05, 3.63) is 35.4 Å². The lowest BCUT2D eigenvalue weighted by Crippen LogP contribution is -2.15. The van der Waals surface area contributed by atoms with Crippen molar-refractivity contribution in [2.45, 2.75) is 32.4 Å². The monoisotopic (exact) mass is 210 g/mol. The second-order valence-corrected chi connectivity index (χ2v) is 3.80. The van der Waals surface area contributed by atoms with Crippen LogP contribution in [0.3, 0.4) is 0 Å². The summed E-state index contributed by atoms with van der Waals surface area (Å²) in [5.74, 6) is -1.52. The second-order valence-electron chi connectivity index (χ2n) is 3.80. The van der Waals surface area contributed by atoms with Gasteiger partial charge in [0.2, 0.25) is 0 Å². The molecular formula is C12H15FO2. The number of rotatable bonds is 4. The van der Waals surface area contributed by atoms with Gasteiger partial charge in [-0.25, -0.2) is 4.39 Å². The van der Waals surface area contributed by atoms with Gasteiger partial charge in [0.1, 0.15) is 6.17 Å². The van der Waals surface area contributed by atoms with Crippen LogP contribution in [-0.4, -0.2) is 17.2 Å². The Balaban J connectivity index is 2.93. The van der Waals surface area contributed by atoms with Crippen LogP contribution in [0, 0.1) is 6.92 Å². The SMILES string of the molecule is Cc1cccc(C(CC(=O)O)C(C)F)c1. The number of hydrogen-bond acceptors (Lipinski definition) is 1. The van der Waals surface area contributed by atoms with Crippen molar-refractivity contribution < 1.29 is 14.3 Å². The minimum Gasteiger partial charge on any atom is -0.481 e. The second kappa shape index (κ2) is 4.91. The van der Waals surface area contributed by atoms with Gasteiger partial charge in [-0.1, -0.05) is 29.8 Å². The molecule has 0 aliphatic carbocycles. The first-order valence-electron chi connectivity index (χ1n) is 4.93. The van der Waals surface area contributed by atoms with E-state index in [1.54, 1.807) is 6.07 Å². The number of carbonyl (C=O) groups is 1. The van der Waals surface area contributed by atoms with E-state index in [2.05, 4.69) is 0 Å². The Morgan fingerprint density at radius 3 is 2.67 bits per heavy atom. The summed E-state index contributed by atoms with van der Waals surface area (Å²) in [5.41, 5.74) is 1.77. The van der Waals surface area contributed by atoms with Crippen molar-refractivity contribution in [1.82, 2.24) is 0 Å². The van der Waals surface area contributed by atoms with Crippen molar-refractivity contribution in [3.63, 3.8) is 0 Å². The Bertz CT molecular complexity index is 347. The van der Waals surface area contributed by atoms with Crippen LogP contribution in [0.5, 0.6) is 0 Å². The Morgan fingerprint density at radius 1 is 1.53 bits per heavy atom. The molecular weight excluding hydrogens is 195 g/mol. The number of aryl methyl sites for hydroxylation is 1. The Morgan fingerprint density at radius 2 is 2.20 bits per heavy atom. The van der Waals surface area contributed by atoms with Gasteiger partial charge in [-0.15, -0.1) is 0 Å². The largest absolute Gasteiger partial charge is 0.481 e. The van der Waals surface area contributed by atoms with Gasteiger partial charge in [-0.05, 0) is 19.4 Å². The van der Waals surface area contributed by atoms with E-state index in [1.165, 1.54) is 6.92 Å². The van der Waals surface area contributed by atoms with Crippen LogP contribution in [0.1, 0.15) is 30.4 Å². The van der Waals surface area contributed by atoms with Gasteiger partial charge in [0, 0.05) is 5.92 Å². The average molecular weight is 210 g/mol. The fraction of sp³-hybridized carbons (Fsp3) is 0.417. The highest BCUT2D eigenvalue weighted by Crippen LogP contribution is 2.26. The van der Waals surface area contributed by atoms with Gasteiger partial charge in [-0.3, -0.25) is 4.79 Å². The van der Waals surface area contributed by atoms with E-state index >= 15 is 0 Å². The molecule has 0 radical (unpaired) electrons. The maximum Gasteiger partial charge on any atom is 0.304 e. The summed E-state index contributed by atoms with van der Waals surface area (Å²) >= 11 is 0. The van der Waals surface area contributed by atoms with Gasteiger partial charge in [0.15, 0.2) is 0 Å². The molecule has 2 nitrogen and oxygen atoms in total. The van der Waals surface area contributed by atoms with E-state index in [4.69, 9.17) is 5.11 Å². The number of benzene rings is 1. The van der Waals surface area contributed by atoms with Crippen LogP contribution < -0.4 is 0 Å². The highest BCUT2D eigenvalue weighted by atomic mass is 19.1. The van der Waals surface area contributed by atoms with Crippen molar-refractivity contribution in [1.29, 1.82) is 0 Å². The van der Waals surface area contributed by atoms with Crippen molar-refractivity contribution in [2.24, 2.45) is 0 Å². The fourth-order valence-corrected chi connectivity index (χ4v) is 1.63. The van der Waals surface area contributed by atoms with E-state index in [0.717, 1.165) is 11.1 Å². The topological polar surface area (TPSA) is 37.3 Å². The summed E-state index contributed by atoms with van der Waals surface area (Å²) in [6, 6.07) is 7.34. The maximum absolute atomic E-state index is 13.3. The van der Waals surface area contributed by atoms with E-state index in [9.17, 15) is 9.18 Å². The molecule has 1 aromatic carbocycles. The van der Waals surface area contributed by atoms with Crippen LogP contribution in [0.4, 0.5) is 4.39 Å². The van der Waals surface area contributed by atoms with Gasteiger partial charge in [-0.2, -0.15) is 0 Å². The molecule has 15 heavy (non-hydrogen) atoms. The molecule has 0 heterocycles. The lowest BCUT2D eigenvalue weighted by Gasteiger charge is -2.17. The zero-order valence-corrected chi connectivity index (χ0v) is 8.90. The number of aliphatic carboxylic acids is 1. The molecule has 0 saturated carbocycles. The Labute approximate surface area is 88.7 Å². The van der Waals surface area contributed by atoms with E-state index < -0.39 is 18.1 Å². The summed E-state index contributed by atoms with van der Waals surface area (Å²) in [5, 5.41) is 8.70. The minimum atomic E-state index is -1.15. The smallest absolute Gasteiger partial charge is 0.304 e. The molecule has 1 rings (SSSR count). The Hall–Kier alpha value is -1.38. The third kappa shape index (κ3) is 3.35. The predicted octanol–water partition coefficient (Wildman–Crippen LogP) is 2.91. The van der Waals surface area contributed by atoms with Crippen molar-refractivity contribution >= 4 is 5.97 Å². The van der Waals surface area contributed by atoms with E-state index in [0.29, 0.717) is 0 Å². The van der Waals surface area contributed by atoms with E-state index in [-0.39, 0.29) is 6.42 Å². The van der Waals surface area contributed by atoms with Gasteiger partial charge in [0.05, 0.1) is 6.42 Å². The van der Waals surface area contributed by atoms with Gasteiger partial charge in [0.25, 0.3) is 0 Å². The number of halogens is 1. The molecule has 1 N–H and O–H groups in total. The molecule has 0 aliphatic heterocycles. The molecule has 0 aromatic heterocycles. The lowest BCUT2D eigenvalue weighted by atomic mass is 9.91. The number of alkyl halides is 1. The summed E-state index contributed by atoms with van der Waals surface area (Å²) in [6.07, 6.45) is -1.32. The van der Waals surface area contributed by atoms with Crippen LogP contribution in [0.15, 0.2) is 24.3 Å². The van der Waals surface area contributed by atoms with Crippen LogP contribution in [-0.2, 0) is 4.79 Å². The fourth-order valence-electron chi connectivity index (χ4n) is 1.63. The summed E-state index contributed by atoms with van der Waals surface area (Å²) in [6.45, 7) is 3.31. The Kier molecular flexibility index (Phi) is 3.83. The molecule has 0 fully saturated rings. The first-order valence-corrected chi connectivity index (χ1v) is 4.93. The zero-order valence-electron chi connectivity index (χ0n) is 8.90.